The van der Waals surface area contributed by atoms with Crippen LogP contribution in [0.2, 0.25) is 0 Å². The van der Waals surface area contributed by atoms with Gasteiger partial charge in [-0.2, -0.15) is 0 Å². The number of carbonyl (C=O) groups is 1. The third-order valence-corrected chi connectivity index (χ3v) is 5.64. The topological polar surface area (TPSA) is 49.4 Å². The maximum atomic E-state index is 11.9. The molecule has 0 N–H and O–H groups in total. The molecule has 2 aliphatic rings. The molecule has 1 aromatic carbocycles. The van der Waals surface area contributed by atoms with Gasteiger partial charge in [0.15, 0.2) is 0 Å². The SMILES string of the molecule is COc1ccc2c(c1)CC[C@@]1(C(=O)[O-])CCC(C)(C)C[C@@H]21. The molecule has 0 unspecified atom stereocenters. The first kappa shape index (κ1) is 14.4. The van der Waals surface area contributed by atoms with E-state index in [1.54, 1.807) is 7.11 Å². The molecule has 3 nitrogen and oxygen atoms in total. The summed E-state index contributed by atoms with van der Waals surface area (Å²) >= 11 is 0. The van der Waals surface area contributed by atoms with Crippen LogP contribution in [0.3, 0.4) is 0 Å². The average molecular weight is 287 g/mol. The second-order valence-corrected chi connectivity index (χ2v) is 7.43. The molecule has 2 atom stereocenters. The minimum Gasteiger partial charge on any atom is -0.550 e. The first-order chi connectivity index (χ1) is 9.88. The van der Waals surface area contributed by atoms with Crippen LogP contribution in [-0.4, -0.2) is 13.1 Å². The van der Waals surface area contributed by atoms with Gasteiger partial charge in [0.2, 0.25) is 0 Å². The molecule has 1 fully saturated rings. The summed E-state index contributed by atoms with van der Waals surface area (Å²) in [6.45, 7) is 4.48. The van der Waals surface area contributed by atoms with Crippen LogP contribution in [0, 0.1) is 10.8 Å². The van der Waals surface area contributed by atoms with E-state index in [0.717, 1.165) is 31.4 Å². The zero-order valence-corrected chi connectivity index (χ0v) is 13.1. The summed E-state index contributed by atoms with van der Waals surface area (Å²) in [5.74, 6) is 0.0649. The Bertz CT molecular complexity index is 576. The highest BCUT2D eigenvalue weighted by atomic mass is 16.5. The van der Waals surface area contributed by atoms with Gasteiger partial charge in [-0.05, 0) is 66.7 Å². The largest absolute Gasteiger partial charge is 0.550 e. The highest BCUT2D eigenvalue weighted by Gasteiger charge is 2.49. The van der Waals surface area contributed by atoms with Gasteiger partial charge in [-0.3, -0.25) is 0 Å². The summed E-state index contributed by atoms with van der Waals surface area (Å²) in [4.78, 5) is 11.9. The molecule has 2 aliphatic carbocycles. The summed E-state index contributed by atoms with van der Waals surface area (Å²) in [6.07, 6.45) is 4.11. The number of ether oxygens (including phenoxy) is 1. The highest BCUT2D eigenvalue weighted by molar-refractivity contribution is 5.75. The van der Waals surface area contributed by atoms with E-state index in [1.165, 1.54) is 11.1 Å². The Morgan fingerprint density at radius 2 is 2.05 bits per heavy atom. The van der Waals surface area contributed by atoms with Crippen molar-refractivity contribution >= 4 is 5.97 Å². The lowest BCUT2D eigenvalue weighted by Crippen LogP contribution is -2.52. The monoisotopic (exact) mass is 287 g/mol. The number of hydrogen-bond donors (Lipinski definition) is 0. The van der Waals surface area contributed by atoms with Gasteiger partial charge in [0.05, 0.1) is 7.11 Å². The summed E-state index contributed by atoms with van der Waals surface area (Å²) in [5, 5.41) is 11.9. The van der Waals surface area contributed by atoms with Crippen molar-refractivity contribution in [2.75, 3.05) is 7.11 Å². The van der Waals surface area contributed by atoms with E-state index in [0.29, 0.717) is 6.42 Å². The van der Waals surface area contributed by atoms with Crippen molar-refractivity contribution in [3.63, 3.8) is 0 Å². The van der Waals surface area contributed by atoms with E-state index in [1.807, 2.05) is 6.07 Å². The lowest BCUT2D eigenvalue weighted by Gasteiger charge is -2.53. The van der Waals surface area contributed by atoms with E-state index in [2.05, 4.69) is 26.0 Å². The number of carboxylic acid groups (broad SMARTS) is 1. The predicted molar refractivity (Wildman–Crippen MR) is 79.1 cm³/mol. The number of rotatable bonds is 2. The van der Waals surface area contributed by atoms with Crippen molar-refractivity contribution in [2.24, 2.45) is 10.8 Å². The molecule has 3 heteroatoms. The minimum atomic E-state index is -0.857. The standard InChI is InChI=1S/C18H24O3/c1-17(2)8-9-18(16(19)20)7-6-12-10-13(21-3)4-5-14(12)15(18)11-17/h4-5,10,15H,6-9,11H2,1-3H3,(H,19,20)/p-1/t15-,18+/m0/s1. The third-order valence-electron chi connectivity index (χ3n) is 5.64. The van der Waals surface area contributed by atoms with Crippen LogP contribution >= 0.6 is 0 Å². The summed E-state index contributed by atoms with van der Waals surface area (Å²) in [5.41, 5.74) is 1.96. The number of methoxy groups -OCH3 is 1. The van der Waals surface area contributed by atoms with Crippen molar-refractivity contribution in [2.45, 2.75) is 51.9 Å². The lowest BCUT2D eigenvalue weighted by molar-refractivity contribution is -0.323. The molecule has 0 aliphatic heterocycles. The molecule has 0 saturated heterocycles. The smallest absolute Gasteiger partial charge is 0.119 e. The van der Waals surface area contributed by atoms with Crippen LogP contribution in [0.25, 0.3) is 0 Å². The van der Waals surface area contributed by atoms with E-state index < -0.39 is 11.4 Å². The molecular weight excluding hydrogens is 264 g/mol. The van der Waals surface area contributed by atoms with E-state index in [-0.39, 0.29) is 11.3 Å². The number of aryl methyl sites for hydroxylation is 1. The summed E-state index contributed by atoms with van der Waals surface area (Å²) in [6, 6.07) is 6.08. The Kier molecular flexibility index (Phi) is 3.27. The molecule has 0 radical (unpaired) electrons. The van der Waals surface area contributed by atoms with Gasteiger partial charge in [-0.25, -0.2) is 0 Å². The maximum absolute atomic E-state index is 11.9. The number of fused-ring (bicyclic) bond motifs is 3. The molecule has 114 valence electrons. The van der Waals surface area contributed by atoms with Gasteiger partial charge in [-0.1, -0.05) is 19.9 Å². The van der Waals surface area contributed by atoms with E-state index >= 15 is 0 Å². The molecule has 1 saturated carbocycles. The van der Waals surface area contributed by atoms with Gasteiger partial charge in [0.25, 0.3) is 0 Å². The normalized spacial score (nSPS) is 30.1. The minimum absolute atomic E-state index is 0.0703. The fourth-order valence-corrected chi connectivity index (χ4v) is 4.26. The van der Waals surface area contributed by atoms with Crippen LogP contribution in [0.15, 0.2) is 18.2 Å². The Labute approximate surface area is 126 Å². The molecule has 3 rings (SSSR count). The third kappa shape index (κ3) is 2.23. The number of carboxylic acids is 1. The Morgan fingerprint density at radius 3 is 2.71 bits per heavy atom. The van der Waals surface area contributed by atoms with Crippen molar-refractivity contribution in [1.29, 1.82) is 0 Å². The first-order valence-corrected chi connectivity index (χ1v) is 7.76. The van der Waals surface area contributed by atoms with Crippen molar-refractivity contribution in [1.82, 2.24) is 0 Å². The molecule has 21 heavy (non-hydrogen) atoms. The van der Waals surface area contributed by atoms with Crippen molar-refractivity contribution in [3.8, 4) is 5.75 Å². The molecule has 0 amide bonds. The number of carbonyl (C=O) groups excluding carboxylic acids is 1. The summed E-state index contributed by atoms with van der Waals surface area (Å²) < 4.78 is 5.30. The van der Waals surface area contributed by atoms with Crippen LogP contribution in [0.4, 0.5) is 0 Å². The predicted octanol–water partition coefficient (Wildman–Crippen LogP) is 2.67. The van der Waals surface area contributed by atoms with Crippen LogP contribution in [-0.2, 0) is 11.2 Å². The van der Waals surface area contributed by atoms with Crippen molar-refractivity contribution < 1.29 is 14.6 Å². The summed E-state index contributed by atoms with van der Waals surface area (Å²) in [7, 11) is 1.67. The fourth-order valence-electron chi connectivity index (χ4n) is 4.26. The second-order valence-electron chi connectivity index (χ2n) is 7.43. The quantitative estimate of drug-likeness (QED) is 0.840. The molecule has 0 bridgehead atoms. The van der Waals surface area contributed by atoms with E-state index in [9.17, 15) is 9.90 Å². The van der Waals surface area contributed by atoms with Crippen LogP contribution in [0.5, 0.6) is 5.75 Å². The van der Waals surface area contributed by atoms with Crippen LogP contribution < -0.4 is 9.84 Å². The molecule has 0 heterocycles. The Balaban J connectivity index is 2.08. The van der Waals surface area contributed by atoms with Gasteiger partial charge in [-0.15, -0.1) is 0 Å². The Hall–Kier alpha value is -1.51. The fraction of sp³-hybridized carbons (Fsp3) is 0.611. The molecular formula is C18H23O3-. The number of aliphatic carboxylic acids is 1. The molecule has 0 spiro atoms. The van der Waals surface area contributed by atoms with Gasteiger partial charge >= 0.3 is 0 Å². The Morgan fingerprint density at radius 1 is 1.29 bits per heavy atom. The van der Waals surface area contributed by atoms with Gasteiger partial charge in [0.1, 0.15) is 5.75 Å². The van der Waals surface area contributed by atoms with Crippen LogP contribution in [0.1, 0.15) is 56.6 Å². The molecule has 0 aromatic heterocycles. The van der Waals surface area contributed by atoms with Crippen molar-refractivity contribution in [3.05, 3.63) is 29.3 Å². The number of hydrogen-bond acceptors (Lipinski definition) is 3. The maximum Gasteiger partial charge on any atom is 0.119 e. The first-order valence-electron chi connectivity index (χ1n) is 7.76. The van der Waals surface area contributed by atoms with Gasteiger partial charge in [0, 0.05) is 11.4 Å². The zero-order valence-electron chi connectivity index (χ0n) is 13.1. The van der Waals surface area contributed by atoms with E-state index in [4.69, 9.17) is 4.74 Å². The second kappa shape index (κ2) is 4.75. The van der Waals surface area contributed by atoms with Gasteiger partial charge < -0.3 is 14.6 Å². The number of benzene rings is 1. The lowest BCUT2D eigenvalue weighted by atomic mass is 9.53. The average Bonchev–Trinajstić information content (AvgIpc) is 2.45. The zero-order chi connectivity index (χ0) is 15.3. The molecule has 1 aromatic rings. The highest BCUT2D eigenvalue weighted by Crippen LogP contribution is 2.58.